The fourth-order valence-corrected chi connectivity index (χ4v) is 2.81. The summed E-state index contributed by atoms with van der Waals surface area (Å²) in [6.07, 6.45) is 0. The minimum absolute atomic E-state index is 0.472. The number of nitrogens with zero attached hydrogens (tertiary/aromatic N) is 3. The summed E-state index contributed by atoms with van der Waals surface area (Å²) in [6, 6.07) is 13.4. The number of H-pyrrole nitrogens is 1. The predicted octanol–water partition coefficient (Wildman–Crippen LogP) is 4.97. The van der Waals surface area contributed by atoms with E-state index in [4.69, 9.17) is 35.4 Å². The molecule has 0 aliphatic rings. The van der Waals surface area contributed by atoms with Crippen LogP contribution in [0, 0.1) is 4.77 Å². The average molecular weight is 365 g/mol. The van der Waals surface area contributed by atoms with Gasteiger partial charge >= 0.3 is 0 Å². The standard InChI is InChI=1S/C16H14Cl2N4S/c1-21(2)11-5-3-4-10(8-11)15-19-20-16(23)22(15)12-6-7-13(17)14(18)9-12/h3-9H,1-2H3,(H,20,23). The summed E-state index contributed by atoms with van der Waals surface area (Å²) < 4.78 is 2.33. The molecule has 0 aliphatic carbocycles. The number of hydrogen-bond acceptors (Lipinski definition) is 3. The quantitative estimate of drug-likeness (QED) is 0.666. The molecule has 3 aromatic rings. The second-order valence-corrected chi connectivity index (χ2v) is 6.43. The molecular formula is C16H14Cl2N4S. The van der Waals surface area contributed by atoms with Gasteiger partial charge in [-0.25, -0.2) is 0 Å². The van der Waals surface area contributed by atoms with Crippen LogP contribution in [0.2, 0.25) is 10.0 Å². The van der Waals surface area contributed by atoms with Crippen molar-refractivity contribution in [2.75, 3.05) is 19.0 Å². The van der Waals surface area contributed by atoms with Crippen LogP contribution in [0.3, 0.4) is 0 Å². The van der Waals surface area contributed by atoms with E-state index in [1.165, 1.54) is 0 Å². The zero-order valence-electron chi connectivity index (χ0n) is 12.5. The Labute approximate surface area is 149 Å². The normalized spacial score (nSPS) is 10.8. The van der Waals surface area contributed by atoms with Crippen LogP contribution < -0.4 is 4.90 Å². The molecule has 0 saturated heterocycles. The number of anilines is 1. The summed E-state index contributed by atoms with van der Waals surface area (Å²) in [7, 11) is 3.99. The third-order valence-electron chi connectivity index (χ3n) is 3.45. The Morgan fingerprint density at radius 3 is 2.57 bits per heavy atom. The van der Waals surface area contributed by atoms with Crippen LogP contribution in [-0.2, 0) is 0 Å². The molecule has 0 fully saturated rings. The molecule has 23 heavy (non-hydrogen) atoms. The molecule has 0 saturated carbocycles. The van der Waals surface area contributed by atoms with Crippen molar-refractivity contribution in [3.8, 4) is 17.1 Å². The Bertz CT molecular complexity index is 914. The first-order chi connectivity index (χ1) is 11.0. The van der Waals surface area contributed by atoms with Gasteiger partial charge in [-0.15, -0.1) is 0 Å². The Hall–Kier alpha value is -1.82. The van der Waals surface area contributed by atoms with Crippen LogP contribution in [0.5, 0.6) is 0 Å². The number of halogens is 2. The lowest BCUT2D eigenvalue weighted by atomic mass is 10.1. The van der Waals surface area contributed by atoms with Gasteiger partial charge in [0.25, 0.3) is 0 Å². The van der Waals surface area contributed by atoms with Crippen molar-refractivity contribution in [3.05, 3.63) is 57.3 Å². The van der Waals surface area contributed by atoms with Crippen molar-refractivity contribution in [2.24, 2.45) is 0 Å². The first-order valence-corrected chi connectivity index (χ1v) is 8.04. The maximum Gasteiger partial charge on any atom is 0.200 e. The third-order valence-corrected chi connectivity index (χ3v) is 4.47. The van der Waals surface area contributed by atoms with Crippen LogP contribution >= 0.6 is 35.4 Å². The van der Waals surface area contributed by atoms with Crippen LogP contribution in [0.25, 0.3) is 17.1 Å². The molecule has 0 aliphatic heterocycles. The first kappa shape index (κ1) is 16.1. The molecule has 1 N–H and O–H groups in total. The van der Waals surface area contributed by atoms with Gasteiger partial charge in [0.15, 0.2) is 10.6 Å². The van der Waals surface area contributed by atoms with Gasteiger partial charge in [0.05, 0.1) is 15.7 Å². The number of nitrogens with one attached hydrogen (secondary N) is 1. The SMILES string of the molecule is CN(C)c1cccc(-c2n[nH]c(=S)n2-c2ccc(Cl)c(Cl)c2)c1. The van der Waals surface area contributed by atoms with Gasteiger partial charge < -0.3 is 4.90 Å². The smallest absolute Gasteiger partial charge is 0.200 e. The van der Waals surface area contributed by atoms with E-state index in [2.05, 4.69) is 16.3 Å². The summed E-state index contributed by atoms with van der Waals surface area (Å²) in [6.45, 7) is 0. The highest BCUT2D eigenvalue weighted by Crippen LogP contribution is 2.28. The van der Waals surface area contributed by atoms with Gasteiger partial charge in [-0.1, -0.05) is 35.3 Å². The Morgan fingerprint density at radius 1 is 1.09 bits per heavy atom. The third kappa shape index (κ3) is 3.13. The van der Waals surface area contributed by atoms with Gasteiger partial charge in [-0.2, -0.15) is 5.10 Å². The van der Waals surface area contributed by atoms with Crippen LogP contribution in [0.4, 0.5) is 5.69 Å². The lowest BCUT2D eigenvalue weighted by Gasteiger charge is -2.14. The van der Waals surface area contributed by atoms with Gasteiger partial charge in [-0.05, 0) is 42.5 Å². The van der Waals surface area contributed by atoms with Crippen molar-refractivity contribution in [1.29, 1.82) is 0 Å². The number of aromatic amines is 1. The van der Waals surface area contributed by atoms with E-state index in [0.29, 0.717) is 14.8 Å². The minimum atomic E-state index is 0.472. The largest absolute Gasteiger partial charge is 0.378 e. The molecule has 118 valence electrons. The Kier molecular flexibility index (Phi) is 4.43. The van der Waals surface area contributed by atoms with E-state index in [1.54, 1.807) is 12.1 Å². The summed E-state index contributed by atoms with van der Waals surface area (Å²) >= 11 is 17.5. The van der Waals surface area contributed by atoms with Crippen molar-refractivity contribution in [3.63, 3.8) is 0 Å². The first-order valence-electron chi connectivity index (χ1n) is 6.88. The minimum Gasteiger partial charge on any atom is -0.378 e. The van der Waals surface area contributed by atoms with Gasteiger partial charge in [0, 0.05) is 25.3 Å². The van der Waals surface area contributed by atoms with Crippen molar-refractivity contribution < 1.29 is 0 Å². The average Bonchev–Trinajstić information content (AvgIpc) is 2.92. The van der Waals surface area contributed by atoms with Crippen molar-refractivity contribution in [2.45, 2.75) is 0 Å². The predicted molar refractivity (Wildman–Crippen MR) is 98.5 cm³/mol. The molecule has 0 atom stereocenters. The van der Waals surface area contributed by atoms with E-state index in [9.17, 15) is 0 Å². The monoisotopic (exact) mass is 364 g/mol. The molecular weight excluding hydrogens is 351 g/mol. The second-order valence-electron chi connectivity index (χ2n) is 5.23. The molecule has 1 aromatic heterocycles. The molecule has 0 amide bonds. The fraction of sp³-hybridized carbons (Fsp3) is 0.125. The van der Waals surface area contributed by atoms with Gasteiger partial charge in [-0.3, -0.25) is 9.67 Å². The molecule has 7 heteroatoms. The topological polar surface area (TPSA) is 36.9 Å². The molecule has 0 unspecified atom stereocenters. The van der Waals surface area contributed by atoms with Crippen LogP contribution in [0.1, 0.15) is 0 Å². The highest BCUT2D eigenvalue weighted by atomic mass is 35.5. The van der Waals surface area contributed by atoms with E-state index in [0.717, 1.165) is 22.8 Å². The van der Waals surface area contributed by atoms with Gasteiger partial charge in [0.2, 0.25) is 0 Å². The van der Waals surface area contributed by atoms with Crippen LogP contribution in [-0.4, -0.2) is 28.9 Å². The Morgan fingerprint density at radius 2 is 1.87 bits per heavy atom. The summed E-state index contributed by atoms with van der Waals surface area (Å²) in [5, 5.41) is 8.18. The van der Waals surface area contributed by atoms with Crippen LogP contribution in [0.15, 0.2) is 42.5 Å². The second kappa shape index (κ2) is 6.35. The maximum atomic E-state index is 6.13. The number of rotatable bonds is 3. The molecule has 1 heterocycles. The number of hydrogen-bond donors (Lipinski definition) is 1. The summed E-state index contributed by atoms with van der Waals surface area (Å²) in [5.74, 6) is 0.720. The number of aromatic nitrogens is 3. The molecule has 3 rings (SSSR count). The van der Waals surface area contributed by atoms with E-state index < -0.39 is 0 Å². The lowest BCUT2D eigenvalue weighted by Crippen LogP contribution is -2.08. The summed E-state index contributed by atoms with van der Waals surface area (Å²) in [5.41, 5.74) is 2.84. The van der Waals surface area contributed by atoms with Crippen molar-refractivity contribution >= 4 is 41.1 Å². The zero-order valence-corrected chi connectivity index (χ0v) is 14.9. The highest BCUT2D eigenvalue weighted by Gasteiger charge is 2.12. The zero-order chi connectivity index (χ0) is 16.6. The Balaban J connectivity index is 2.17. The molecule has 0 radical (unpaired) electrons. The summed E-state index contributed by atoms with van der Waals surface area (Å²) in [4.78, 5) is 2.04. The van der Waals surface area contributed by atoms with E-state index in [-0.39, 0.29) is 0 Å². The highest BCUT2D eigenvalue weighted by molar-refractivity contribution is 7.71. The van der Waals surface area contributed by atoms with E-state index in [1.807, 2.05) is 47.8 Å². The van der Waals surface area contributed by atoms with E-state index >= 15 is 0 Å². The molecule has 0 bridgehead atoms. The maximum absolute atomic E-state index is 6.13. The van der Waals surface area contributed by atoms with Crippen molar-refractivity contribution in [1.82, 2.24) is 14.8 Å². The molecule has 2 aromatic carbocycles. The molecule has 0 spiro atoms. The molecule has 4 nitrogen and oxygen atoms in total. The fourth-order valence-electron chi connectivity index (χ4n) is 2.28. The lowest BCUT2D eigenvalue weighted by molar-refractivity contribution is 1.04. The van der Waals surface area contributed by atoms with Gasteiger partial charge in [0.1, 0.15) is 0 Å². The number of benzene rings is 2.